The lowest BCUT2D eigenvalue weighted by atomic mass is 10.2. The summed E-state index contributed by atoms with van der Waals surface area (Å²) in [7, 11) is 0. The van der Waals surface area contributed by atoms with Gasteiger partial charge in [-0.1, -0.05) is 11.6 Å². The lowest BCUT2D eigenvalue weighted by Gasteiger charge is -2.21. The molecule has 2 amide bonds. The summed E-state index contributed by atoms with van der Waals surface area (Å²) in [6.45, 7) is 4.55. The highest BCUT2D eigenvalue weighted by atomic mass is 35.5. The molecule has 7 heteroatoms. The Hall–Kier alpha value is -2.73. The second-order valence-corrected chi connectivity index (χ2v) is 6.13. The molecule has 27 heavy (non-hydrogen) atoms. The summed E-state index contributed by atoms with van der Waals surface area (Å²) in [4.78, 5) is 25.4. The van der Waals surface area contributed by atoms with Crippen molar-refractivity contribution >= 4 is 29.1 Å². The van der Waals surface area contributed by atoms with Gasteiger partial charge in [-0.2, -0.15) is 0 Å². The van der Waals surface area contributed by atoms with E-state index in [0.29, 0.717) is 30.5 Å². The summed E-state index contributed by atoms with van der Waals surface area (Å²) < 4.78 is 10.8. The van der Waals surface area contributed by atoms with Gasteiger partial charge in [-0.15, -0.1) is 0 Å². The van der Waals surface area contributed by atoms with E-state index >= 15 is 0 Å². The van der Waals surface area contributed by atoms with Gasteiger partial charge in [0.2, 0.25) is 5.91 Å². The fourth-order valence-electron chi connectivity index (χ4n) is 2.40. The lowest BCUT2D eigenvalue weighted by molar-refractivity contribution is -0.123. The molecular weight excluding hydrogens is 368 g/mol. The average Bonchev–Trinajstić information content (AvgIpc) is 2.65. The summed E-state index contributed by atoms with van der Waals surface area (Å²) >= 11 is 5.80. The molecule has 0 heterocycles. The van der Waals surface area contributed by atoms with Crippen molar-refractivity contribution in [3.05, 3.63) is 53.6 Å². The first-order valence-corrected chi connectivity index (χ1v) is 9.03. The zero-order chi connectivity index (χ0) is 19.6. The van der Waals surface area contributed by atoms with Crippen molar-refractivity contribution < 1.29 is 19.1 Å². The number of anilines is 1. The first-order chi connectivity index (χ1) is 13.0. The van der Waals surface area contributed by atoms with Crippen LogP contribution < -0.4 is 19.7 Å². The number of halogens is 1. The van der Waals surface area contributed by atoms with Gasteiger partial charge in [-0.05, 0) is 55.5 Å². The molecule has 0 fully saturated rings. The van der Waals surface area contributed by atoms with Crippen molar-refractivity contribution in [1.29, 1.82) is 0 Å². The molecule has 0 aliphatic heterocycles. The minimum Gasteiger partial charge on any atom is -0.494 e. The molecule has 0 aliphatic rings. The molecular formula is C20H23ClN2O4. The second kappa shape index (κ2) is 10.4. The number of carbonyl (C=O) groups is 2. The van der Waals surface area contributed by atoms with E-state index in [9.17, 15) is 9.59 Å². The van der Waals surface area contributed by atoms with Gasteiger partial charge in [0, 0.05) is 30.7 Å². The Labute approximate surface area is 164 Å². The van der Waals surface area contributed by atoms with Gasteiger partial charge in [0.05, 0.1) is 6.61 Å². The fraction of sp³-hybridized carbons (Fsp3) is 0.300. The van der Waals surface area contributed by atoms with E-state index in [1.165, 1.54) is 6.92 Å². The van der Waals surface area contributed by atoms with Crippen molar-refractivity contribution in [1.82, 2.24) is 5.32 Å². The van der Waals surface area contributed by atoms with E-state index in [2.05, 4.69) is 5.32 Å². The van der Waals surface area contributed by atoms with Gasteiger partial charge in [-0.3, -0.25) is 9.59 Å². The highest BCUT2D eigenvalue weighted by molar-refractivity contribution is 6.30. The van der Waals surface area contributed by atoms with Crippen LogP contribution in [-0.4, -0.2) is 38.1 Å². The van der Waals surface area contributed by atoms with Crippen molar-refractivity contribution in [3.8, 4) is 11.5 Å². The minimum atomic E-state index is -0.264. The van der Waals surface area contributed by atoms with Crippen LogP contribution in [-0.2, 0) is 9.59 Å². The highest BCUT2D eigenvalue weighted by Crippen LogP contribution is 2.19. The zero-order valence-electron chi connectivity index (χ0n) is 15.4. The van der Waals surface area contributed by atoms with E-state index in [-0.39, 0.29) is 18.4 Å². The molecule has 2 aromatic carbocycles. The SMILES string of the molecule is CCOc1ccc(N(CCNC(=O)COc2ccc(Cl)cc2)C(C)=O)cc1. The maximum Gasteiger partial charge on any atom is 0.258 e. The predicted octanol–water partition coefficient (Wildman–Crippen LogP) is 3.29. The molecule has 0 atom stereocenters. The first kappa shape index (κ1) is 20.6. The number of carbonyl (C=O) groups excluding carboxylic acids is 2. The Balaban J connectivity index is 1.80. The summed E-state index contributed by atoms with van der Waals surface area (Å²) in [5.41, 5.74) is 0.748. The Bertz CT molecular complexity index is 748. The topological polar surface area (TPSA) is 67.9 Å². The summed E-state index contributed by atoms with van der Waals surface area (Å²) in [5, 5.41) is 3.34. The van der Waals surface area contributed by atoms with E-state index in [1.54, 1.807) is 29.2 Å². The summed E-state index contributed by atoms with van der Waals surface area (Å²) in [6, 6.07) is 14.0. The van der Waals surface area contributed by atoms with Crippen LogP contribution in [0.1, 0.15) is 13.8 Å². The lowest BCUT2D eigenvalue weighted by Crippen LogP contribution is -2.39. The van der Waals surface area contributed by atoms with Crippen LogP contribution in [0.25, 0.3) is 0 Å². The molecule has 2 aromatic rings. The normalized spacial score (nSPS) is 10.2. The number of nitrogens with zero attached hydrogens (tertiary/aromatic N) is 1. The van der Waals surface area contributed by atoms with Crippen LogP contribution in [0.4, 0.5) is 5.69 Å². The van der Waals surface area contributed by atoms with E-state index in [0.717, 1.165) is 11.4 Å². The molecule has 0 bridgehead atoms. The molecule has 0 saturated carbocycles. The number of benzene rings is 2. The third-order valence-electron chi connectivity index (χ3n) is 3.68. The highest BCUT2D eigenvalue weighted by Gasteiger charge is 2.12. The van der Waals surface area contributed by atoms with Crippen LogP contribution in [0.15, 0.2) is 48.5 Å². The van der Waals surface area contributed by atoms with Crippen molar-refractivity contribution in [2.45, 2.75) is 13.8 Å². The number of rotatable bonds is 9. The van der Waals surface area contributed by atoms with Crippen LogP contribution in [0.2, 0.25) is 5.02 Å². The van der Waals surface area contributed by atoms with Crippen LogP contribution in [0.3, 0.4) is 0 Å². The molecule has 6 nitrogen and oxygen atoms in total. The largest absolute Gasteiger partial charge is 0.494 e. The number of ether oxygens (including phenoxy) is 2. The number of amides is 2. The van der Waals surface area contributed by atoms with E-state index < -0.39 is 0 Å². The van der Waals surface area contributed by atoms with Crippen LogP contribution in [0.5, 0.6) is 11.5 Å². The Morgan fingerprint density at radius 3 is 2.19 bits per heavy atom. The molecule has 0 radical (unpaired) electrons. The van der Waals surface area contributed by atoms with Gasteiger partial charge in [0.25, 0.3) is 5.91 Å². The van der Waals surface area contributed by atoms with Crippen molar-refractivity contribution in [2.75, 3.05) is 31.2 Å². The molecule has 0 aromatic heterocycles. The smallest absolute Gasteiger partial charge is 0.258 e. The second-order valence-electron chi connectivity index (χ2n) is 5.69. The van der Waals surface area contributed by atoms with Crippen LogP contribution in [0, 0.1) is 0 Å². The summed E-state index contributed by atoms with van der Waals surface area (Å²) in [5.74, 6) is 0.942. The third-order valence-corrected chi connectivity index (χ3v) is 3.93. The molecule has 0 saturated heterocycles. The Morgan fingerprint density at radius 2 is 1.59 bits per heavy atom. The fourth-order valence-corrected chi connectivity index (χ4v) is 2.52. The molecule has 1 N–H and O–H groups in total. The van der Waals surface area contributed by atoms with Gasteiger partial charge in [0.1, 0.15) is 11.5 Å². The molecule has 144 valence electrons. The first-order valence-electron chi connectivity index (χ1n) is 8.65. The van der Waals surface area contributed by atoms with Gasteiger partial charge < -0.3 is 19.7 Å². The molecule has 0 unspecified atom stereocenters. The molecule has 0 aliphatic carbocycles. The quantitative estimate of drug-likeness (QED) is 0.713. The zero-order valence-corrected chi connectivity index (χ0v) is 16.2. The van der Waals surface area contributed by atoms with Gasteiger partial charge in [-0.25, -0.2) is 0 Å². The monoisotopic (exact) mass is 390 g/mol. The number of hydrogen-bond donors (Lipinski definition) is 1. The average molecular weight is 391 g/mol. The number of nitrogens with one attached hydrogen (secondary N) is 1. The van der Waals surface area contributed by atoms with Gasteiger partial charge in [0.15, 0.2) is 6.61 Å². The van der Waals surface area contributed by atoms with Gasteiger partial charge >= 0.3 is 0 Å². The molecule has 2 rings (SSSR count). The van der Waals surface area contributed by atoms with Crippen LogP contribution >= 0.6 is 11.6 Å². The Morgan fingerprint density at radius 1 is 1.00 bits per heavy atom. The van der Waals surface area contributed by atoms with E-state index in [4.69, 9.17) is 21.1 Å². The standard InChI is InChI=1S/C20H23ClN2O4/c1-3-26-18-10-6-17(7-11-18)23(15(2)24)13-12-22-20(25)14-27-19-8-4-16(21)5-9-19/h4-11H,3,12-14H2,1-2H3,(H,22,25). The van der Waals surface area contributed by atoms with Crippen molar-refractivity contribution in [2.24, 2.45) is 0 Å². The third kappa shape index (κ3) is 6.83. The maximum absolute atomic E-state index is 11.9. The summed E-state index contributed by atoms with van der Waals surface area (Å²) in [6.07, 6.45) is 0. The maximum atomic E-state index is 11.9. The number of hydrogen-bond acceptors (Lipinski definition) is 4. The predicted molar refractivity (Wildman–Crippen MR) is 106 cm³/mol. The van der Waals surface area contributed by atoms with Crippen molar-refractivity contribution in [3.63, 3.8) is 0 Å². The molecule has 0 spiro atoms. The Kier molecular flexibility index (Phi) is 7.95. The van der Waals surface area contributed by atoms with E-state index in [1.807, 2.05) is 31.2 Å². The minimum absolute atomic E-state index is 0.106.